The summed E-state index contributed by atoms with van der Waals surface area (Å²) in [5.41, 5.74) is 2.34. The number of halogens is 1. The molecular weight excluding hydrogens is 246 g/mol. The van der Waals surface area contributed by atoms with Crippen molar-refractivity contribution in [2.75, 3.05) is 19.1 Å². The molecule has 0 aliphatic heterocycles. The Morgan fingerprint density at radius 1 is 1.11 bits per heavy atom. The molecule has 0 heterocycles. The van der Waals surface area contributed by atoms with Gasteiger partial charge in [0.15, 0.2) is 0 Å². The molecule has 2 aromatic carbocycles. The summed E-state index contributed by atoms with van der Waals surface area (Å²) in [7, 11) is 3.67. The molecule has 2 rings (SSSR count). The van der Waals surface area contributed by atoms with Crippen LogP contribution in [0.2, 0.25) is 5.02 Å². The molecule has 0 spiro atoms. The minimum atomic E-state index is 0.634. The molecule has 3 heteroatoms. The van der Waals surface area contributed by atoms with Gasteiger partial charge in [0.2, 0.25) is 0 Å². The minimum Gasteiger partial charge on any atom is -0.495 e. The van der Waals surface area contributed by atoms with Gasteiger partial charge in [-0.2, -0.15) is 0 Å². The quantitative estimate of drug-likeness (QED) is 0.825. The Labute approximate surface area is 113 Å². The Balaban J connectivity index is 2.14. The van der Waals surface area contributed by atoms with Crippen molar-refractivity contribution < 1.29 is 4.74 Å². The first kappa shape index (κ1) is 12.8. The summed E-state index contributed by atoms with van der Waals surface area (Å²) in [5.74, 6) is 0.702. The van der Waals surface area contributed by atoms with Crippen molar-refractivity contribution in [2.24, 2.45) is 0 Å². The number of benzene rings is 2. The Morgan fingerprint density at radius 2 is 1.83 bits per heavy atom. The maximum atomic E-state index is 6.12. The predicted octanol–water partition coefficient (Wildman–Crippen LogP) is 3.99. The molecule has 2 aromatic rings. The highest BCUT2D eigenvalue weighted by Crippen LogP contribution is 2.29. The zero-order valence-corrected chi connectivity index (χ0v) is 11.3. The fourth-order valence-corrected chi connectivity index (χ4v) is 2.09. The molecule has 0 bridgehead atoms. The maximum Gasteiger partial charge on any atom is 0.137 e. The second kappa shape index (κ2) is 5.78. The number of ether oxygens (including phenoxy) is 1. The van der Waals surface area contributed by atoms with E-state index in [1.54, 1.807) is 7.11 Å². The van der Waals surface area contributed by atoms with Crippen LogP contribution < -0.4 is 9.64 Å². The van der Waals surface area contributed by atoms with Crippen molar-refractivity contribution in [1.82, 2.24) is 0 Å². The smallest absolute Gasteiger partial charge is 0.137 e. The number of rotatable bonds is 4. The van der Waals surface area contributed by atoms with Gasteiger partial charge in [-0.3, -0.25) is 0 Å². The number of anilines is 1. The summed E-state index contributed by atoms with van der Waals surface area (Å²) < 4.78 is 5.15. The van der Waals surface area contributed by atoms with E-state index < -0.39 is 0 Å². The van der Waals surface area contributed by atoms with Gasteiger partial charge in [-0.25, -0.2) is 0 Å². The maximum absolute atomic E-state index is 6.12. The molecule has 0 atom stereocenters. The first-order valence-corrected chi connectivity index (χ1v) is 6.17. The molecule has 94 valence electrons. The average molecular weight is 262 g/mol. The lowest BCUT2D eigenvalue weighted by Crippen LogP contribution is -2.16. The summed E-state index contributed by atoms with van der Waals surface area (Å²) in [6, 6.07) is 16.2. The molecule has 0 radical (unpaired) electrons. The normalized spacial score (nSPS) is 10.2. The van der Waals surface area contributed by atoms with Crippen LogP contribution in [0.15, 0.2) is 48.5 Å². The highest BCUT2D eigenvalue weighted by atomic mass is 35.5. The fraction of sp³-hybridized carbons (Fsp3) is 0.200. The van der Waals surface area contributed by atoms with Gasteiger partial charge in [0, 0.05) is 19.3 Å². The number of methoxy groups -OCH3 is 1. The van der Waals surface area contributed by atoms with Gasteiger partial charge in [-0.05, 0) is 23.8 Å². The van der Waals surface area contributed by atoms with E-state index in [4.69, 9.17) is 16.3 Å². The Morgan fingerprint density at radius 3 is 2.44 bits per heavy atom. The number of nitrogens with zero attached hydrogens (tertiary/aromatic N) is 1. The zero-order valence-electron chi connectivity index (χ0n) is 10.6. The van der Waals surface area contributed by atoms with Crippen LogP contribution in [0.1, 0.15) is 5.56 Å². The first-order valence-electron chi connectivity index (χ1n) is 5.79. The van der Waals surface area contributed by atoms with E-state index in [2.05, 4.69) is 17.0 Å². The molecule has 0 fully saturated rings. The predicted molar refractivity (Wildman–Crippen MR) is 76.6 cm³/mol. The summed E-state index contributed by atoms with van der Waals surface area (Å²) >= 11 is 6.12. The van der Waals surface area contributed by atoms with Crippen molar-refractivity contribution in [3.63, 3.8) is 0 Å². The number of hydrogen-bond acceptors (Lipinski definition) is 2. The molecule has 18 heavy (non-hydrogen) atoms. The van der Waals surface area contributed by atoms with E-state index >= 15 is 0 Å². The highest BCUT2D eigenvalue weighted by Gasteiger charge is 2.06. The van der Waals surface area contributed by atoms with E-state index in [-0.39, 0.29) is 0 Å². The third-order valence-electron chi connectivity index (χ3n) is 2.84. The van der Waals surface area contributed by atoms with Crippen molar-refractivity contribution in [2.45, 2.75) is 6.54 Å². The SMILES string of the molecule is COc1ccc(N(C)Cc2ccccc2)cc1Cl. The topological polar surface area (TPSA) is 12.5 Å². The van der Waals surface area contributed by atoms with Crippen LogP contribution in [0.3, 0.4) is 0 Å². The van der Waals surface area contributed by atoms with E-state index in [1.165, 1.54) is 5.56 Å². The minimum absolute atomic E-state index is 0.634. The van der Waals surface area contributed by atoms with Gasteiger partial charge in [0.25, 0.3) is 0 Å². The molecule has 0 aliphatic rings. The largest absolute Gasteiger partial charge is 0.495 e. The lowest BCUT2D eigenvalue weighted by Gasteiger charge is -2.20. The summed E-state index contributed by atoms with van der Waals surface area (Å²) in [4.78, 5) is 2.15. The van der Waals surface area contributed by atoms with Crippen LogP contribution in [-0.2, 0) is 6.54 Å². The molecule has 2 nitrogen and oxygen atoms in total. The molecule has 0 saturated carbocycles. The van der Waals surface area contributed by atoms with Crippen molar-refractivity contribution in [3.8, 4) is 5.75 Å². The molecule has 0 amide bonds. The molecule has 0 saturated heterocycles. The standard InChI is InChI=1S/C15H16ClNO/c1-17(11-12-6-4-3-5-7-12)13-8-9-15(18-2)14(16)10-13/h3-10H,11H2,1-2H3. The Bertz CT molecular complexity index is 513. The third-order valence-corrected chi connectivity index (χ3v) is 3.13. The second-order valence-corrected chi connectivity index (χ2v) is 4.57. The lowest BCUT2D eigenvalue weighted by molar-refractivity contribution is 0.415. The first-order chi connectivity index (χ1) is 8.70. The molecule has 0 N–H and O–H groups in total. The van der Waals surface area contributed by atoms with Crippen LogP contribution in [0.5, 0.6) is 5.75 Å². The van der Waals surface area contributed by atoms with Crippen LogP contribution in [0, 0.1) is 0 Å². The van der Waals surface area contributed by atoms with Crippen LogP contribution >= 0.6 is 11.6 Å². The second-order valence-electron chi connectivity index (χ2n) is 4.16. The van der Waals surface area contributed by atoms with E-state index in [0.29, 0.717) is 10.8 Å². The van der Waals surface area contributed by atoms with Gasteiger partial charge >= 0.3 is 0 Å². The van der Waals surface area contributed by atoms with Crippen LogP contribution in [0.25, 0.3) is 0 Å². The molecule has 0 aromatic heterocycles. The van der Waals surface area contributed by atoms with Crippen LogP contribution in [0.4, 0.5) is 5.69 Å². The van der Waals surface area contributed by atoms with Crippen molar-refractivity contribution in [1.29, 1.82) is 0 Å². The average Bonchev–Trinajstić information content (AvgIpc) is 2.39. The van der Waals surface area contributed by atoms with Gasteiger partial charge < -0.3 is 9.64 Å². The molecule has 0 unspecified atom stereocenters. The third kappa shape index (κ3) is 2.96. The van der Waals surface area contributed by atoms with Gasteiger partial charge in [0.1, 0.15) is 5.75 Å². The highest BCUT2D eigenvalue weighted by molar-refractivity contribution is 6.32. The van der Waals surface area contributed by atoms with Gasteiger partial charge in [0.05, 0.1) is 12.1 Å². The summed E-state index contributed by atoms with van der Waals surface area (Å²) in [6.45, 7) is 0.851. The van der Waals surface area contributed by atoms with Gasteiger partial charge in [-0.15, -0.1) is 0 Å². The summed E-state index contributed by atoms with van der Waals surface area (Å²) in [6.07, 6.45) is 0. The molecule has 0 aliphatic carbocycles. The zero-order chi connectivity index (χ0) is 13.0. The van der Waals surface area contributed by atoms with E-state index in [9.17, 15) is 0 Å². The van der Waals surface area contributed by atoms with Crippen molar-refractivity contribution in [3.05, 3.63) is 59.1 Å². The Hall–Kier alpha value is -1.67. The monoisotopic (exact) mass is 261 g/mol. The van der Waals surface area contributed by atoms with Gasteiger partial charge in [-0.1, -0.05) is 41.9 Å². The Kier molecular flexibility index (Phi) is 4.11. The molecular formula is C15H16ClNO. The van der Waals surface area contributed by atoms with E-state index in [0.717, 1.165) is 12.2 Å². The lowest BCUT2D eigenvalue weighted by atomic mass is 10.2. The summed E-state index contributed by atoms with van der Waals surface area (Å²) in [5, 5.41) is 0.634. The van der Waals surface area contributed by atoms with Crippen molar-refractivity contribution >= 4 is 17.3 Å². The fourth-order valence-electron chi connectivity index (χ4n) is 1.84. The van der Waals surface area contributed by atoms with E-state index in [1.807, 2.05) is 43.4 Å². The van der Waals surface area contributed by atoms with Crippen LogP contribution in [-0.4, -0.2) is 14.2 Å². The number of hydrogen-bond donors (Lipinski definition) is 0.